The second kappa shape index (κ2) is 11.5. The molecule has 1 N–H and O–H groups in total. The third-order valence-corrected chi connectivity index (χ3v) is 7.41. The van der Waals surface area contributed by atoms with Gasteiger partial charge in [-0.25, -0.2) is 4.79 Å². The highest BCUT2D eigenvalue weighted by Crippen LogP contribution is 2.44. The molecule has 0 spiro atoms. The Morgan fingerprint density at radius 2 is 2.00 bits per heavy atom. The summed E-state index contributed by atoms with van der Waals surface area (Å²) in [6, 6.07) is 9.29. The van der Waals surface area contributed by atoms with E-state index >= 15 is 0 Å². The molecular formula is C28H34N2O4S. The number of benzene rings is 1. The lowest BCUT2D eigenvalue weighted by atomic mass is 9.72. The van der Waals surface area contributed by atoms with Crippen molar-refractivity contribution in [3.63, 3.8) is 0 Å². The zero-order chi connectivity index (χ0) is 25.6. The van der Waals surface area contributed by atoms with E-state index in [9.17, 15) is 14.9 Å². The smallest absolute Gasteiger partial charge is 0.341 e. The van der Waals surface area contributed by atoms with Gasteiger partial charge in [0.1, 0.15) is 22.4 Å². The van der Waals surface area contributed by atoms with Gasteiger partial charge in [-0.15, -0.1) is 11.3 Å². The monoisotopic (exact) mass is 494 g/mol. The highest BCUT2D eigenvalue weighted by molar-refractivity contribution is 7.17. The van der Waals surface area contributed by atoms with Crippen LogP contribution in [0, 0.1) is 22.7 Å². The van der Waals surface area contributed by atoms with Crippen LogP contribution in [-0.4, -0.2) is 25.1 Å². The average Bonchev–Trinajstić information content (AvgIpc) is 3.18. The van der Waals surface area contributed by atoms with E-state index in [1.165, 1.54) is 17.4 Å². The molecule has 0 radical (unpaired) electrons. The molecule has 3 rings (SSSR count). The first kappa shape index (κ1) is 26.5. The van der Waals surface area contributed by atoms with Gasteiger partial charge in [-0.3, -0.25) is 4.79 Å². The van der Waals surface area contributed by atoms with Crippen LogP contribution in [0.5, 0.6) is 5.75 Å². The van der Waals surface area contributed by atoms with Crippen LogP contribution in [0.2, 0.25) is 0 Å². The quantitative estimate of drug-likeness (QED) is 0.260. The average molecular weight is 495 g/mol. The molecule has 0 saturated carbocycles. The number of amides is 1. The lowest BCUT2D eigenvalue weighted by molar-refractivity contribution is -0.112. The molecule has 1 heterocycles. The highest BCUT2D eigenvalue weighted by Gasteiger charge is 2.34. The van der Waals surface area contributed by atoms with Crippen molar-refractivity contribution in [2.75, 3.05) is 18.5 Å². The Kier molecular flexibility index (Phi) is 8.74. The number of nitrogens with zero attached hydrogens (tertiary/aromatic N) is 1. The second-order valence-electron chi connectivity index (χ2n) is 9.74. The minimum atomic E-state index is -0.561. The fourth-order valence-electron chi connectivity index (χ4n) is 4.25. The predicted octanol–water partition coefficient (Wildman–Crippen LogP) is 6.41. The molecule has 1 aliphatic rings. The normalized spacial score (nSPS) is 15.7. The van der Waals surface area contributed by atoms with Crippen LogP contribution in [0.25, 0.3) is 6.08 Å². The van der Waals surface area contributed by atoms with Crippen LogP contribution < -0.4 is 10.1 Å². The zero-order valence-electron chi connectivity index (χ0n) is 21.2. The van der Waals surface area contributed by atoms with Crippen molar-refractivity contribution in [3.8, 4) is 11.8 Å². The lowest BCUT2D eigenvalue weighted by Crippen LogP contribution is -2.26. The molecule has 1 amide bonds. The van der Waals surface area contributed by atoms with Gasteiger partial charge in [-0.1, -0.05) is 45.9 Å². The summed E-state index contributed by atoms with van der Waals surface area (Å²) < 4.78 is 11.1. The minimum absolute atomic E-state index is 0.0636. The van der Waals surface area contributed by atoms with E-state index < -0.39 is 11.9 Å². The van der Waals surface area contributed by atoms with Crippen molar-refractivity contribution in [2.45, 2.75) is 60.3 Å². The molecule has 0 fully saturated rings. The highest BCUT2D eigenvalue weighted by atomic mass is 32.1. The number of thiophene rings is 1. The van der Waals surface area contributed by atoms with Crippen LogP contribution in [0.15, 0.2) is 29.8 Å². The number of para-hydroxylation sites is 1. The van der Waals surface area contributed by atoms with Crippen LogP contribution >= 0.6 is 11.3 Å². The summed E-state index contributed by atoms with van der Waals surface area (Å²) in [5.41, 5.74) is 2.13. The number of nitriles is 1. The Hall–Kier alpha value is -3.11. The summed E-state index contributed by atoms with van der Waals surface area (Å²) in [4.78, 5) is 27.1. The zero-order valence-corrected chi connectivity index (χ0v) is 22.0. The van der Waals surface area contributed by atoms with Crippen LogP contribution in [0.1, 0.15) is 73.8 Å². The second-order valence-corrected chi connectivity index (χ2v) is 10.8. The van der Waals surface area contributed by atoms with Crippen molar-refractivity contribution in [2.24, 2.45) is 11.3 Å². The number of rotatable bonds is 8. The van der Waals surface area contributed by atoms with Crippen molar-refractivity contribution >= 4 is 34.3 Å². The molecule has 1 aromatic heterocycles. The molecule has 1 atom stereocenters. The van der Waals surface area contributed by atoms with E-state index in [1.54, 1.807) is 13.0 Å². The van der Waals surface area contributed by atoms with Gasteiger partial charge < -0.3 is 14.8 Å². The summed E-state index contributed by atoms with van der Waals surface area (Å²) in [6.07, 6.45) is 4.97. The van der Waals surface area contributed by atoms with Crippen LogP contribution in [-0.2, 0) is 22.4 Å². The molecule has 6 nitrogen and oxygen atoms in total. The number of fused-ring (bicyclic) bond motifs is 1. The number of esters is 1. The van der Waals surface area contributed by atoms with Crippen LogP contribution in [0.3, 0.4) is 0 Å². The maximum absolute atomic E-state index is 13.2. The first-order chi connectivity index (χ1) is 16.7. The van der Waals surface area contributed by atoms with Gasteiger partial charge in [0.05, 0.1) is 18.8 Å². The summed E-state index contributed by atoms with van der Waals surface area (Å²) in [5.74, 6) is 0.105. The molecule has 1 aliphatic carbocycles. The summed E-state index contributed by atoms with van der Waals surface area (Å²) in [5, 5.41) is 13.0. The molecule has 1 aromatic carbocycles. The van der Waals surface area contributed by atoms with E-state index in [1.807, 2.05) is 31.2 Å². The Labute approximate surface area is 211 Å². The topological polar surface area (TPSA) is 88.4 Å². The predicted molar refractivity (Wildman–Crippen MR) is 140 cm³/mol. The third kappa shape index (κ3) is 6.32. The number of nitrogens with one attached hydrogen (secondary N) is 1. The summed E-state index contributed by atoms with van der Waals surface area (Å²) in [6.45, 7) is 11.3. The first-order valence-electron chi connectivity index (χ1n) is 12.2. The van der Waals surface area contributed by atoms with Gasteiger partial charge in [-0.2, -0.15) is 5.26 Å². The molecule has 0 bridgehead atoms. The summed E-state index contributed by atoms with van der Waals surface area (Å²) >= 11 is 1.42. The van der Waals surface area contributed by atoms with Gasteiger partial charge in [-0.05, 0) is 61.6 Å². The van der Waals surface area contributed by atoms with Crippen molar-refractivity contribution in [1.29, 1.82) is 5.26 Å². The molecule has 0 saturated heterocycles. The van der Waals surface area contributed by atoms with E-state index in [0.29, 0.717) is 34.4 Å². The van der Waals surface area contributed by atoms with Crippen molar-refractivity contribution < 1.29 is 19.1 Å². The van der Waals surface area contributed by atoms with E-state index in [-0.39, 0.29) is 17.6 Å². The third-order valence-electron chi connectivity index (χ3n) is 6.24. The van der Waals surface area contributed by atoms with E-state index in [2.05, 4.69) is 26.1 Å². The number of anilines is 1. The van der Waals surface area contributed by atoms with Crippen LogP contribution in [0.4, 0.5) is 5.00 Å². The Bertz CT molecular complexity index is 1150. The molecule has 2 aromatic rings. The van der Waals surface area contributed by atoms with E-state index in [4.69, 9.17) is 9.47 Å². The van der Waals surface area contributed by atoms with Gasteiger partial charge >= 0.3 is 5.97 Å². The Balaban J connectivity index is 1.93. The lowest BCUT2D eigenvalue weighted by Gasteiger charge is -2.33. The number of hydrogen-bond acceptors (Lipinski definition) is 6. The van der Waals surface area contributed by atoms with Crippen molar-refractivity contribution in [1.82, 2.24) is 0 Å². The largest absolute Gasteiger partial charge is 0.493 e. The number of carbonyl (C=O) groups is 2. The molecular weight excluding hydrogens is 460 g/mol. The van der Waals surface area contributed by atoms with E-state index in [0.717, 1.165) is 36.1 Å². The molecule has 186 valence electrons. The van der Waals surface area contributed by atoms with Gasteiger partial charge in [0, 0.05) is 10.4 Å². The molecule has 7 heteroatoms. The maximum atomic E-state index is 13.2. The first-order valence-corrected chi connectivity index (χ1v) is 13.0. The number of ether oxygens (including phenoxy) is 2. The number of hydrogen-bond donors (Lipinski definition) is 1. The SMILES string of the molecule is CCCOc1ccccc1/C=C(\C#N)C(=O)Nc1sc2c(c1C(=O)OCC)CCC(C(C)(C)C)C2. The van der Waals surface area contributed by atoms with Gasteiger partial charge in [0.25, 0.3) is 5.91 Å². The molecule has 0 aliphatic heterocycles. The van der Waals surface area contributed by atoms with Crippen molar-refractivity contribution in [3.05, 3.63) is 51.4 Å². The minimum Gasteiger partial charge on any atom is -0.493 e. The number of carbonyl (C=O) groups excluding carboxylic acids is 2. The van der Waals surface area contributed by atoms with Gasteiger partial charge in [0.15, 0.2) is 0 Å². The summed E-state index contributed by atoms with van der Waals surface area (Å²) in [7, 11) is 0. The Morgan fingerprint density at radius 1 is 1.26 bits per heavy atom. The van der Waals surface area contributed by atoms with Gasteiger partial charge in [0.2, 0.25) is 0 Å². The Morgan fingerprint density at radius 3 is 2.66 bits per heavy atom. The fourth-order valence-corrected chi connectivity index (χ4v) is 5.56. The molecule has 1 unspecified atom stereocenters. The standard InChI is InChI=1S/C28H34N2O4S/c1-6-14-34-22-11-9-8-10-18(22)15-19(17-29)25(31)30-26-24(27(32)33-7-2)21-13-12-20(28(3,4)5)16-23(21)35-26/h8-11,15,20H,6-7,12-14,16H2,1-5H3,(H,30,31)/b19-15+. The molecule has 35 heavy (non-hydrogen) atoms. The maximum Gasteiger partial charge on any atom is 0.341 e. The fraction of sp³-hybridized carbons (Fsp3) is 0.464.